The molecule has 0 bridgehead atoms. The second-order valence-electron chi connectivity index (χ2n) is 4.44. The summed E-state index contributed by atoms with van der Waals surface area (Å²) in [5, 5.41) is 5.31. The molecule has 0 spiro atoms. The van der Waals surface area contributed by atoms with Gasteiger partial charge in [0.2, 0.25) is 0 Å². The monoisotopic (exact) mass is 334 g/mol. The van der Waals surface area contributed by atoms with E-state index in [2.05, 4.69) is 15.3 Å². The van der Waals surface area contributed by atoms with Gasteiger partial charge in [0.15, 0.2) is 10.3 Å². The minimum atomic E-state index is -0.569. The number of hydrogen-bond donors (Lipinski definition) is 2. The molecule has 3 rings (SSSR count). The van der Waals surface area contributed by atoms with E-state index in [-0.39, 0.29) is 5.56 Å². The van der Waals surface area contributed by atoms with Crippen LogP contribution in [0, 0.1) is 12.7 Å². The maximum Gasteiger partial charge on any atom is 0.260 e. The minimum Gasteiger partial charge on any atom is -0.375 e. The average Bonchev–Trinajstić information content (AvgIpc) is 3.05. The molecule has 22 heavy (non-hydrogen) atoms. The van der Waals surface area contributed by atoms with Crippen LogP contribution in [0.2, 0.25) is 0 Å². The van der Waals surface area contributed by atoms with Crippen LogP contribution in [0.15, 0.2) is 29.6 Å². The zero-order valence-electron chi connectivity index (χ0n) is 11.5. The molecule has 0 saturated heterocycles. The molecular formula is C14H11FN4OS2. The van der Waals surface area contributed by atoms with Crippen LogP contribution < -0.4 is 11.1 Å². The van der Waals surface area contributed by atoms with E-state index in [9.17, 15) is 9.18 Å². The molecule has 0 unspecified atom stereocenters. The summed E-state index contributed by atoms with van der Waals surface area (Å²) in [6.07, 6.45) is 0. The lowest BCUT2D eigenvalue weighted by molar-refractivity contribution is 0.102. The number of aromatic nitrogens is 2. The maximum absolute atomic E-state index is 13.6. The molecule has 5 nitrogen and oxygen atoms in total. The standard InChI is InChI=1S/C14H11FN4OS2/c1-7-11(10-6-21-13(16)18-10)22-14(17-7)19-12(20)8-4-2-3-5-9(8)15/h2-6H,1H3,(H2,16,18)(H,17,19,20). The van der Waals surface area contributed by atoms with E-state index in [4.69, 9.17) is 5.73 Å². The van der Waals surface area contributed by atoms with Crippen molar-refractivity contribution in [3.8, 4) is 10.6 Å². The summed E-state index contributed by atoms with van der Waals surface area (Å²) in [7, 11) is 0. The van der Waals surface area contributed by atoms with E-state index in [1.165, 1.54) is 40.9 Å². The highest BCUT2D eigenvalue weighted by Gasteiger charge is 2.16. The van der Waals surface area contributed by atoms with Crippen LogP contribution in [0.4, 0.5) is 14.7 Å². The van der Waals surface area contributed by atoms with Crippen LogP contribution in [0.5, 0.6) is 0 Å². The number of hydrogen-bond acceptors (Lipinski definition) is 6. The number of halogens is 1. The molecule has 1 amide bonds. The number of carbonyl (C=O) groups is 1. The topological polar surface area (TPSA) is 80.9 Å². The highest BCUT2D eigenvalue weighted by atomic mass is 32.1. The Morgan fingerprint density at radius 3 is 2.77 bits per heavy atom. The summed E-state index contributed by atoms with van der Waals surface area (Å²) < 4.78 is 13.6. The fourth-order valence-electron chi connectivity index (χ4n) is 1.89. The molecule has 112 valence electrons. The minimum absolute atomic E-state index is 0.0187. The van der Waals surface area contributed by atoms with Gasteiger partial charge in [0.1, 0.15) is 5.82 Å². The zero-order valence-corrected chi connectivity index (χ0v) is 13.1. The Labute approximate surface area is 133 Å². The van der Waals surface area contributed by atoms with E-state index in [0.29, 0.717) is 10.3 Å². The molecule has 2 aromatic heterocycles. The van der Waals surface area contributed by atoms with Gasteiger partial charge in [0.05, 0.1) is 21.8 Å². The number of anilines is 2. The number of benzene rings is 1. The predicted octanol–water partition coefficient (Wildman–Crippen LogP) is 3.55. The molecule has 0 aliphatic heterocycles. The molecule has 3 aromatic rings. The molecule has 8 heteroatoms. The third kappa shape index (κ3) is 2.83. The lowest BCUT2D eigenvalue weighted by Gasteiger charge is -2.02. The summed E-state index contributed by atoms with van der Waals surface area (Å²) in [5.41, 5.74) is 7.07. The molecule has 0 aliphatic rings. The second-order valence-corrected chi connectivity index (χ2v) is 6.33. The van der Waals surface area contributed by atoms with Gasteiger partial charge in [0, 0.05) is 5.38 Å². The summed E-state index contributed by atoms with van der Waals surface area (Å²) in [6, 6.07) is 5.80. The number of amides is 1. The molecule has 3 N–H and O–H groups in total. The third-order valence-electron chi connectivity index (χ3n) is 2.89. The Bertz CT molecular complexity index is 843. The van der Waals surface area contributed by atoms with Gasteiger partial charge in [-0.2, -0.15) is 0 Å². The van der Waals surface area contributed by atoms with Crippen molar-refractivity contribution in [2.75, 3.05) is 11.1 Å². The van der Waals surface area contributed by atoms with Crippen molar-refractivity contribution < 1.29 is 9.18 Å². The van der Waals surface area contributed by atoms with Gasteiger partial charge >= 0.3 is 0 Å². The molecule has 0 fully saturated rings. The van der Waals surface area contributed by atoms with Crippen LogP contribution in [0.1, 0.15) is 16.1 Å². The van der Waals surface area contributed by atoms with Crippen molar-refractivity contribution in [3.63, 3.8) is 0 Å². The van der Waals surface area contributed by atoms with Crippen molar-refractivity contribution >= 4 is 38.8 Å². The first-order valence-electron chi connectivity index (χ1n) is 6.29. The lowest BCUT2D eigenvalue weighted by Crippen LogP contribution is -2.13. The normalized spacial score (nSPS) is 10.6. The number of nitrogen functional groups attached to an aromatic ring is 1. The second kappa shape index (κ2) is 5.82. The van der Waals surface area contributed by atoms with Gasteiger partial charge in [-0.1, -0.05) is 23.5 Å². The van der Waals surface area contributed by atoms with E-state index < -0.39 is 11.7 Å². The number of nitrogens with zero attached hydrogens (tertiary/aromatic N) is 2. The smallest absolute Gasteiger partial charge is 0.260 e. The highest BCUT2D eigenvalue weighted by molar-refractivity contribution is 7.19. The van der Waals surface area contributed by atoms with E-state index in [1.54, 1.807) is 6.07 Å². The van der Waals surface area contributed by atoms with Crippen molar-refractivity contribution in [1.29, 1.82) is 0 Å². The third-order valence-corrected chi connectivity index (χ3v) is 4.66. The van der Waals surface area contributed by atoms with Gasteiger partial charge < -0.3 is 5.73 Å². The van der Waals surface area contributed by atoms with Crippen molar-refractivity contribution in [3.05, 3.63) is 46.7 Å². The first-order chi connectivity index (χ1) is 10.5. The summed E-state index contributed by atoms with van der Waals surface area (Å²) in [4.78, 5) is 21.4. The molecule has 0 saturated carbocycles. The fraction of sp³-hybridized carbons (Fsp3) is 0.0714. The average molecular weight is 334 g/mol. The highest BCUT2D eigenvalue weighted by Crippen LogP contribution is 2.34. The Morgan fingerprint density at radius 2 is 2.09 bits per heavy atom. The zero-order chi connectivity index (χ0) is 15.7. The number of aryl methyl sites for hydroxylation is 1. The SMILES string of the molecule is Cc1nc(NC(=O)c2ccccc2F)sc1-c1csc(N)n1. The van der Waals surface area contributed by atoms with E-state index >= 15 is 0 Å². The van der Waals surface area contributed by atoms with Crippen LogP contribution in [0.3, 0.4) is 0 Å². The quantitative estimate of drug-likeness (QED) is 0.767. The molecule has 2 heterocycles. The summed E-state index contributed by atoms with van der Waals surface area (Å²) in [5.74, 6) is -1.10. The van der Waals surface area contributed by atoms with Gasteiger partial charge in [-0.05, 0) is 19.1 Å². The van der Waals surface area contributed by atoms with Crippen LogP contribution >= 0.6 is 22.7 Å². The summed E-state index contributed by atoms with van der Waals surface area (Å²) >= 11 is 2.62. The van der Waals surface area contributed by atoms with Gasteiger partial charge in [-0.15, -0.1) is 11.3 Å². The van der Waals surface area contributed by atoms with Gasteiger partial charge in [0.25, 0.3) is 5.91 Å². The molecule has 0 aliphatic carbocycles. The van der Waals surface area contributed by atoms with Crippen molar-refractivity contribution in [1.82, 2.24) is 9.97 Å². The first kappa shape index (κ1) is 14.6. The number of rotatable bonds is 3. The Morgan fingerprint density at radius 1 is 1.32 bits per heavy atom. The van der Waals surface area contributed by atoms with Gasteiger partial charge in [-0.25, -0.2) is 14.4 Å². The van der Waals surface area contributed by atoms with Crippen molar-refractivity contribution in [2.45, 2.75) is 6.92 Å². The first-order valence-corrected chi connectivity index (χ1v) is 7.99. The Balaban J connectivity index is 1.85. The van der Waals surface area contributed by atoms with E-state index in [0.717, 1.165) is 16.3 Å². The van der Waals surface area contributed by atoms with Crippen LogP contribution in [0.25, 0.3) is 10.6 Å². The fourth-order valence-corrected chi connectivity index (χ4v) is 3.44. The van der Waals surface area contributed by atoms with E-state index in [1.807, 2.05) is 12.3 Å². The van der Waals surface area contributed by atoms with Crippen molar-refractivity contribution in [2.24, 2.45) is 0 Å². The predicted molar refractivity (Wildman–Crippen MR) is 86.7 cm³/mol. The molecular weight excluding hydrogens is 323 g/mol. The largest absolute Gasteiger partial charge is 0.375 e. The number of nitrogens with two attached hydrogens (primary N) is 1. The van der Waals surface area contributed by atoms with Crippen LogP contribution in [-0.2, 0) is 0 Å². The molecule has 0 atom stereocenters. The van der Waals surface area contributed by atoms with Crippen LogP contribution in [-0.4, -0.2) is 15.9 Å². The number of thiazole rings is 2. The number of nitrogens with one attached hydrogen (secondary N) is 1. The lowest BCUT2D eigenvalue weighted by atomic mass is 10.2. The maximum atomic E-state index is 13.6. The Hall–Kier alpha value is -2.32. The molecule has 1 aromatic carbocycles. The Kier molecular flexibility index (Phi) is 3.86. The summed E-state index contributed by atoms with van der Waals surface area (Å²) in [6.45, 7) is 1.82. The van der Waals surface area contributed by atoms with Gasteiger partial charge in [-0.3, -0.25) is 10.1 Å². The molecule has 0 radical (unpaired) electrons. The number of carbonyl (C=O) groups excluding carboxylic acids is 1.